The maximum absolute atomic E-state index is 14.2. The summed E-state index contributed by atoms with van der Waals surface area (Å²) in [5.41, 5.74) is 2.34. The summed E-state index contributed by atoms with van der Waals surface area (Å²) < 4.78 is 41.0. The molecular formula is C22H19ClF2N6O2S. The molecule has 1 amide bonds. The van der Waals surface area contributed by atoms with E-state index >= 15 is 0 Å². The smallest absolute Gasteiger partial charge is 0.253 e. The number of carbonyl (C=O) groups excluding carboxylic acids is 1. The average Bonchev–Trinajstić information content (AvgIpc) is 3.48. The van der Waals surface area contributed by atoms with E-state index in [0.717, 1.165) is 25.0 Å². The van der Waals surface area contributed by atoms with E-state index in [0.29, 0.717) is 33.8 Å². The molecule has 1 atom stereocenters. The molecule has 0 spiro atoms. The van der Waals surface area contributed by atoms with Gasteiger partial charge in [0.15, 0.2) is 23.1 Å². The Hall–Kier alpha value is -3.15. The SMILES string of the molecule is NS(=O)CCNc1nc2cc(F)c(F)cc2n2c(-c3ccc(C(=O)NC4CC4)c(Cl)c3)cnc12. The van der Waals surface area contributed by atoms with Crippen LogP contribution in [0.2, 0.25) is 5.02 Å². The van der Waals surface area contributed by atoms with E-state index in [-0.39, 0.29) is 34.8 Å². The molecule has 2 heterocycles. The number of imidazole rings is 1. The van der Waals surface area contributed by atoms with Gasteiger partial charge in [-0.25, -0.2) is 23.0 Å². The average molecular weight is 505 g/mol. The lowest BCUT2D eigenvalue weighted by Gasteiger charge is -2.12. The van der Waals surface area contributed by atoms with Gasteiger partial charge in [-0.1, -0.05) is 17.7 Å². The van der Waals surface area contributed by atoms with E-state index in [1.165, 1.54) is 0 Å². The minimum absolute atomic E-state index is 0.164. The van der Waals surface area contributed by atoms with E-state index in [2.05, 4.69) is 20.6 Å². The van der Waals surface area contributed by atoms with Gasteiger partial charge in [0, 0.05) is 30.3 Å². The van der Waals surface area contributed by atoms with Gasteiger partial charge in [-0.2, -0.15) is 0 Å². The van der Waals surface area contributed by atoms with Gasteiger partial charge in [0.25, 0.3) is 5.91 Å². The molecule has 5 rings (SSSR count). The van der Waals surface area contributed by atoms with Crippen molar-refractivity contribution in [1.82, 2.24) is 19.7 Å². The molecule has 1 aliphatic rings. The number of carbonyl (C=O) groups is 1. The minimum atomic E-state index is -1.51. The zero-order valence-corrected chi connectivity index (χ0v) is 19.2. The van der Waals surface area contributed by atoms with Crippen molar-refractivity contribution in [1.29, 1.82) is 0 Å². The molecule has 12 heteroatoms. The van der Waals surface area contributed by atoms with Crippen LogP contribution in [-0.2, 0) is 11.0 Å². The molecule has 1 fully saturated rings. The van der Waals surface area contributed by atoms with Crippen molar-refractivity contribution in [3.05, 3.63) is 58.7 Å². The van der Waals surface area contributed by atoms with Gasteiger partial charge >= 0.3 is 0 Å². The normalized spacial score (nSPS) is 14.5. The molecule has 4 aromatic rings. The molecule has 0 bridgehead atoms. The molecule has 176 valence electrons. The summed E-state index contributed by atoms with van der Waals surface area (Å²) >= 11 is 6.42. The number of benzene rings is 2. The third kappa shape index (κ3) is 4.33. The van der Waals surface area contributed by atoms with E-state index in [4.69, 9.17) is 16.7 Å². The van der Waals surface area contributed by atoms with Crippen LogP contribution in [0.4, 0.5) is 14.6 Å². The third-order valence-electron chi connectivity index (χ3n) is 5.48. The zero-order chi connectivity index (χ0) is 24.0. The largest absolute Gasteiger partial charge is 0.366 e. The molecule has 1 saturated carbocycles. The Balaban J connectivity index is 1.63. The highest BCUT2D eigenvalue weighted by Gasteiger charge is 2.25. The highest BCUT2D eigenvalue weighted by Crippen LogP contribution is 2.32. The van der Waals surface area contributed by atoms with E-state index in [9.17, 15) is 17.8 Å². The lowest BCUT2D eigenvalue weighted by atomic mass is 10.1. The van der Waals surface area contributed by atoms with Crippen LogP contribution in [-0.4, -0.2) is 42.8 Å². The topological polar surface area (TPSA) is 114 Å². The second-order valence-electron chi connectivity index (χ2n) is 7.97. The lowest BCUT2D eigenvalue weighted by molar-refractivity contribution is 0.0951. The molecule has 2 aromatic carbocycles. The number of amides is 1. The fourth-order valence-corrected chi connectivity index (χ4v) is 4.24. The fourth-order valence-electron chi connectivity index (χ4n) is 3.67. The van der Waals surface area contributed by atoms with Crippen LogP contribution < -0.4 is 15.8 Å². The third-order valence-corrected chi connectivity index (χ3v) is 6.40. The predicted octanol–water partition coefficient (Wildman–Crippen LogP) is 3.41. The number of hydrogen-bond acceptors (Lipinski definition) is 5. The van der Waals surface area contributed by atoms with Gasteiger partial charge < -0.3 is 10.6 Å². The summed E-state index contributed by atoms with van der Waals surface area (Å²) in [6, 6.07) is 7.21. The Morgan fingerprint density at radius 2 is 2.00 bits per heavy atom. The van der Waals surface area contributed by atoms with Crippen LogP contribution in [0.1, 0.15) is 23.2 Å². The van der Waals surface area contributed by atoms with Crippen molar-refractivity contribution in [3.63, 3.8) is 0 Å². The summed E-state index contributed by atoms with van der Waals surface area (Å²) in [7, 11) is -1.51. The van der Waals surface area contributed by atoms with Crippen molar-refractivity contribution in [2.24, 2.45) is 5.14 Å². The predicted molar refractivity (Wildman–Crippen MR) is 127 cm³/mol. The quantitative estimate of drug-likeness (QED) is 0.357. The number of hydrogen-bond donors (Lipinski definition) is 3. The first kappa shape index (κ1) is 22.6. The summed E-state index contributed by atoms with van der Waals surface area (Å²) in [5.74, 6) is -1.85. The molecule has 0 radical (unpaired) electrons. The molecule has 0 aliphatic heterocycles. The van der Waals surface area contributed by atoms with Gasteiger partial charge in [-0.05, 0) is 25.0 Å². The molecule has 1 unspecified atom stereocenters. The molecule has 2 aromatic heterocycles. The van der Waals surface area contributed by atoms with Crippen LogP contribution in [0.5, 0.6) is 0 Å². The maximum atomic E-state index is 14.2. The Morgan fingerprint density at radius 1 is 1.24 bits per heavy atom. The number of nitrogens with one attached hydrogen (secondary N) is 2. The summed E-state index contributed by atoms with van der Waals surface area (Å²) in [6.45, 7) is 0.236. The highest BCUT2D eigenvalue weighted by atomic mass is 35.5. The van der Waals surface area contributed by atoms with Crippen molar-refractivity contribution >= 4 is 51.0 Å². The molecule has 34 heavy (non-hydrogen) atoms. The number of aromatic nitrogens is 3. The van der Waals surface area contributed by atoms with Crippen LogP contribution in [0, 0.1) is 11.6 Å². The van der Waals surface area contributed by atoms with E-state index in [1.54, 1.807) is 28.8 Å². The lowest BCUT2D eigenvalue weighted by Crippen LogP contribution is -2.25. The van der Waals surface area contributed by atoms with Crippen LogP contribution in [0.15, 0.2) is 36.5 Å². The number of nitrogens with zero attached hydrogens (tertiary/aromatic N) is 3. The number of fused-ring (bicyclic) bond motifs is 3. The van der Waals surface area contributed by atoms with Gasteiger partial charge in [-0.15, -0.1) is 0 Å². The second kappa shape index (κ2) is 8.90. The number of nitrogens with two attached hydrogens (primary N) is 1. The van der Waals surface area contributed by atoms with Crippen LogP contribution in [0.3, 0.4) is 0 Å². The van der Waals surface area contributed by atoms with Gasteiger partial charge in [-0.3, -0.25) is 14.3 Å². The second-order valence-corrected chi connectivity index (χ2v) is 9.55. The first-order valence-corrected chi connectivity index (χ1v) is 12.2. The fraction of sp³-hybridized carbons (Fsp3) is 0.227. The van der Waals surface area contributed by atoms with Crippen LogP contribution in [0.25, 0.3) is 27.9 Å². The monoisotopic (exact) mass is 504 g/mol. The first-order chi connectivity index (χ1) is 16.3. The molecule has 4 N–H and O–H groups in total. The number of halogens is 3. The van der Waals surface area contributed by atoms with Crippen molar-refractivity contribution in [2.75, 3.05) is 17.6 Å². The molecule has 0 saturated heterocycles. The Labute approximate surface area is 200 Å². The summed E-state index contributed by atoms with van der Waals surface area (Å²) in [5, 5.41) is 11.5. The highest BCUT2D eigenvalue weighted by molar-refractivity contribution is 7.82. The maximum Gasteiger partial charge on any atom is 0.253 e. The van der Waals surface area contributed by atoms with Crippen molar-refractivity contribution in [2.45, 2.75) is 18.9 Å². The Bertz CT molecular complexity index is 1470. The van der Waals surface area contributed by atoms with Gasteiger partial charge in [0.1, 0.15) is 0 Å². The first-order valence-electron chi connectivity index (χ1n) is 10.5. The number of rotatable bonds is 7. The minimum Gasteiger partial charge on any atom is -0.366 e. The van der Waals surface area contributed by atoms with Gasteiger partial charge in [0.2, 0.25) is 0 Å². The Morgan fingerprint density at radius 3 is 2.71 bits per heavy atom. The van der Waals surface area contributed by atoms with Crippen LogP contribution >= 0.6 is 11.6 Å². The van der Waals surface area contributed by atoms with Gasteiger partial charge in [0.05, 0.1) is 50.2 Å². The standard InChI is InChI=1S/C22H19ClF2N6O2S/c23-14-7-11(1-4-13(14)22(32)29-12-2-3-12)19-10-28-21-20(27-5-6-34(26)33)30-17-8-15(24)16(25)9-18(17)31(19)21/h1,4,7-10,12H,2-3,5-6,26H2,(H,27,30)(H,29,32). The molecule has 1 aliphatic carbocycles. The molecular weight excluding hydrogens is 486 g/mol. The summed E-state index contributed by atoms with van der Waals surface area (Å²) in [4.78, 5) is 21.2. The van der Waals surface area contributed by atoms with Crippen molar-refractivity contribution < 1.29 is 17.8 Å². The van der Waals surface area contributed by atoms with E-state index < -0.39 is 22.6 Å². The summed E-state index contributed by atoms with van der Waals surface area (Å²) in [6.07, 6.45) is 3.47. The van der Waals surface area contributed by atoms with Crippen molar-refractivity contribution in [3.8, 4) is 11.3 Å². The zero-order valence-electron chi connectivity index (χ0n) is 17.6. The molecule has 8 nitrogen and oxygen atoms in total. The Kier molecular flexibility index (Phi) is 5.92. The number of anilines is 1. The van der Waals surface area contributed by atoms with E-state index in [1.807, 2.05) is 0 Å².